The molecule has 0 atom stereocenters. The molecule has 0 heterocycles. The number of hydrogen-bond acceptors (Lipinski definition) is 3. The number of hydrogen-bond donors (Lipinski definition) is 2. The first-order valence-electron chi connectivity index (χ1n) is 5.55. The number of thioether (sulfide) groups is 1. The van der Waals surface area contributed by atoms with Crippen molar-refractivity contribution in [3.05, 3.63) is 35.9 Å². The first-order valence-corrected chi connectivity index (χ1v) is 6.94. The van der Waals surface area contributed by atoms with Crippen LogP contribution < -0.4 is 0 Å². The fourth-order valence-corrected chi connectivity index (χ4v) is 2.31. The van der Waals surface area contributed by atoms with Crippen molar-refractivity contribution in [3.63, 3.8) is 0 Å². The van der Waals surface area contributed by atoms with Gasteiger partial charge in [-0.25, -0.2) is 0 Å². The van der Waals surface area contributed by atoms with Crippen molar-refractivity contribution < 1.29 is 10.2 Å². The Morgan fingerprint density at radius 1 is 1.12 bits per heavy atom. The van der Waals surface area contributed by atoms with E-state index in [0.29, 0.717) is 0 Å². The Hall–Kier alpha value is -0.510. The van der Waals surface area contributed by atoms with Gasteiger partial charge in [-0.2, -0.15) is 11.8 Å². The van der Waals surface area contributed by atoms with Gasteiger partial charge < -0.3 is 10.2 Å². The molecule has 3 heteroatoms. The highest BCUT2D eigenvalue weighted by Gasteiger charge is 2.30. The van der Waals surface area contributed by atoms with Gasteiger partial charge in [0, 0.05) is 5.41 Å². The summed E-state index contributed by atoms with van der Waals surface area (Å²) in [6.45, 7) is 0.00376. The zero-order valence-corrected chi connectivity index (χ0v) is 10.5. The van der Waals surface area contributed by atoms with Crippen molar-refractivity contribution in [1.29, 1.82) is 0 Å². The minimum Gasteiger partial charge on any atom is -0.395 e. The normalized spacial score (nSPS) is 11.7. The van der Waals surface area contributed by atoms with E-state index in [2.05, 4.69) is 6.26 Å². The van der Waals surface area contributed by atoms with Crippen molar-refractivity contribution in [3.8, 4) is 0 Å². The van der Waals surface area contributed by atoms with E-state index in [4.69, 9.17) is 0 Å². The molecule has 2 N–H and O–H groups in total. The van der Waals surface area contributed by atoms with Gasteiger partial charge in [0.15, 0.2) is 0 Å². The van der Waals surface area contributed by atoms with Gasteiger partial charge in [-0.3, -0.25) is 0 Å². The molecule has 1 aromatic rings. The van der Waals surface area contributed by atoms with E-state index in [1.54, 1.807) is 11.8 Å². The monoisotopic (exact) mass is 240 g/mol. The van der Waals surface area contributed by atoms with E-state index in [-0.39, 0.29) is 13.2 Å². The molecule has 1 aromatic carbocycles. The number of aliphatic hydroxyl groups is 2. The molecule has 0 radical (unpaired) electrons. The maximum Gasteiger partial charge on any atom is 0.0550 e. The molecule has 1 rings (SSSR count). The van der Waals surface area contributed by atoms with E-state index >= 15 is 0 Å². The molecule has 0 unspecified atom stereocenters. The Bertz CT molecular complexity index is 283. The number of aliphatic hydroxyl groups excluding tert-OH is 2. The molecule has 0 aliphatic rings. The average Bonchev–Trinajstić information content (AvgIpc) is 2.36. The average molecular weight is 240 g/mol. The molecule has 0 saturated heterocycles. The van der Waals surface area contributed by atoms with Crippen molar-refractivity contribution in [2.75, 3.05) is 25.2 Å². The summed E-state index contributed by atoms with van der Waals surface area (Å²) in [4.78, 5) is 0. The highest BCUT2D eigenvalue weighted by molar-refractivity contribution is 7.98. The van der Waals surface area contributed by atoms with Crippen LogP contribution in [0.15, 0.2) is 30.3 Å². The maximum atomic E-state index is 9.56. The predicted molar refractivity (Wildman–Crippen MR) is 69.9 cm³/mol. The standard InChI is InChI=1S/C13H20O2S/c1-16-9-5-8-13(10-14,11-15)12-6-3-2-4-7-12/h2-4,6-7,14-15H,5,8-11H2,1H3. The van der Waals surface area contributed by atoms with E-state index in [0.717, 1.165) is 24.2 Å². The lowest BCUT2D eigenvalue weighted by Crippen LogP contribution is -2.35. The van der Waals surface area contributed by atoms with Gasteiger partial charge in [0.2, 0.25) is 0 Å². The summed E-state index contributed by atoms with van der Waals surface area (Å²) in [5.41, 5.74) is 0.554. The zero-order valence-electron chi connectivity index (χ0n) is 9.72. The molecule has 0 fully saturated rings. The second kappa shape index (κ2) is 6.94. The SMILES string of the molecule is CSCCCC(CO)(CO)c1ccccc1. The lowest BCUT2D eigenvalue weighted by molar-refractivity contribution is 0.109. The van der Waals surface area contributed by atoms with E-state index in [1.165, 1.54) is 0 Å². The number of benzene rings is 1. The topological polar surface area (TPSA) is 40.5 Å². The van der Waals surface area contributed by atoms with Crippen LogP contribution in [0, 0.1) is 0 Å². The Morgan fingerprint density at radius 3 is 2.25 bits per heavy atom. The van der Waals surface area contributed by atoms with Gasteiger partial charge >= 0.3 is 0 Å². The largest absolute Gasteiger partial charge is 0.395 e. The van der Waals surface area contributed by atoms with E-state index < -0.39 is 5.41 Å². The van der Waals surface area contributed by atoms with Crippen molar-refractivity contribution >= 4 is 11.8 Å². The minimum atomic E-state index is -0.475. The van der Waals surface area contributed by atoms with Gasteiger partial charge in [-0.05, 0) is 30.4 Å². The second-order valence-electron chi connectivity index (χ2n) is 4.06. The first kappa shape index (κ1) is 13.6. The molecular weight excluding hydrogens is 220 g/mol. The molecule has 0 saturated carbocycles. The van der Waals surface area contributed by atoms with Gasteiger partial charge in [-0.1, -0.05) is 30.3 Å². The van der Waals surface area contributed by atoms with Crippen LogP contribution in [0.5, 0.6) is 0 Å². The third kappa shape index (κ3) is 3.24. The molecular formula is C13H20O2S. The van der Waals surface area contributed by atoms with Gasteiger partial charge in [0.25, 0.3) is 0 Å². The third-order valence-corrected chi connectivity index (χ3v) is 3.69. The van der Waals surface area contributed by atoms with Gasteiger partial charge in [0.05, 0.1) is 13.2 Å². The summed E-state index contributed by atoms with van der Waals surface area (Å²) in [7, 11) is 0. The summed E-state index contributed by atoms with van der Waals surface area (Å²) >= 11 is 1.80. The van der Waals surface area contributed by atoms with E-state index in [9.17, 15) is 10.2 Å². The minimum absolute atomic E-state index is 0.00188. The van der Waals surface area contributed by atoms with Crippen LogP contribution in [0.1, 0.15) is 18.4 Å². The summed E-state index contributed by atoms with van der Waals surface area (Å²) in [6, 6.07) is 9.80. The molecule has 0 bridgehead atoms. The Balaban J connectivity index is 2.79. The molecule has 0 aliphatic heterocycles. The summed E-state index contributed by atoms with van der Waals surface area (Å²) < 4.78 is 0. The maximum absolute atomic E-state index is 9.56. The van der Waals surface area contributed by atoms with Crippen molar-refractivity contribution in [2.24, 2.45) is 0 Å². The molecule has 0 spiro atoms. The summed E-state index contributed by atoms with van der Waals surface area (Å²) in [6.07, 6.45) is 3.91. The third-order valence-electron chi connectivity index (χ3n) is 3.00. The fraction of sp³-hybridized carbons (Fsp3) is 0.538. The lowest BCUT2D eigenvalue weighted by Gasteiger charge is -2.30. The van der Waals surface area contributed by atoms with Crippen LogP contribution in [0.25, 0.3) is 0 Å². The Kier molecular flexibility index (Phi) is 5.88. The molecule has 0 aliphatic carbocycles. The molecule has 90 valence electrons. The van der Waals surface area contributed by atoms with Crippen LogP contribution in [-0.4, -0.2) is 35.4 Å². The number of rotatable bonds is 7. The van der Waals surface area contributed by atoms with E-state index in [1.807, 2.05) is 30.3 Å². The van der Waals surface area contributed by atoms with Crippen LogP contribution >= 0.6 is 11.8 Å². The first-order chi connectivity index (χ1) is 7.79. The highest BCUT2D eigenvalue weighted by atomic mass is 32.2. The van der Waals surface area contributed by atoms with Crippen LogP contribution in [-0.2, 0) is 5.41 Å². The zero-order chi connectivity index (χ0) is 11.9. The second-order valence-corrected chi connectivity index (χ2v) is 5.04. The smallest absolute Gasteiger partial charge is 0.0550 e. The fourth-order valence-electron chi connectivity index (χ4n) is 1.88. The Morgan fingerprint density at radius 2 is 1.75 bits per heavy atom. The van der Waals surface area contributed by atoms with Crippen molar-refractivity contribution in [1.82, 2.24) is 0 Å². The molecule has 0 aromatic heterocycles. The lowest BCUT2D eigenvalue weighted by atomic mass is 9.78. The van der Waals surface area contributed by atoms with Crippen LogP contribution in [0.3, 0.4) is 0 Å². The summed E-state index contributed by atoms with van der Waals surface area (Å²) in [5, 5.41) is 19.1. The quantitative estimate of drug-likeness (QED) is 0.717. The van der Waals surface area contributed by atoms with Crippen LogP contribution in [0.2, 0.25) is 0 Å². The molecule has 0 amide bonds. The summed E-state index contributed by atoms with van der Waals surface area (Å²) in [5.74, 6) is 1.06. The van der Waals surface area contributed by atoms with Gasteiger partial charge in [-0.15, -0.1) is 0 Å². The van der Waals surface area contributed by atoms with Crippen LogP contribution in [0.4, 0.5) is 0 Å². The Labute approximate surface area is 102 Å². The molecule has 2 nitrogen and oxygen atoms in total. The van der Waals surface area contributed by atoms with Gasteiger partial charge in [0.1, 0.15) is 0 Å². The predicted octanol–water partition coefficient (Wildman–Crippen LogP) is 2.05. The highest BCUT2D eigenvalue weighted by Crippen LogP contribution is 2.29. The molecule has 16 heavy (non-hydrogen) atoms. The van der Waals surface area contributed by atoms with Crippen molar-refractivity contribution in [2.45, 2.75) is 18.3 Å².